The minimum atomic E-state index is -0.550. The van der Waals surface area contributed by atoms with Gasteiger partial charge in [0.15, 0.2) is 0 Å². The number of urea groups is 1. The zero-order valence-electron chi connectivity index (χ0n) is 22.0. The van der Waals surface area contributed by atoms with E-state index < -0.39 is 6.03 Å². The molecule has 3 aromatic rings. The van der Waals surface area contributed by atoms with Gasteiger partial charge in [-0.25, -0.2) is 14.8 Å². The van der Waals surface area contributed by atoms with Crippen LogP contribution in [0.25, 0.3) is 0 Å². The van der Waals surface area contributed by atoms with Gasteiger partial charge < -0.3 is 29.9 Å². The molecule has 1 saturated heterocycles. The van der Waals surface area contributed by atoms with E-state index in [0.717, 1.165) is 18.8 Å². The van der Waals surface area contributed by atoms with Gasteiger partial charge in [-0.05, 0) is 31.3 Å². The molecule has 2 N–H and O–H groups in total. The fourth-order valence-corrected chi connectivity index (χ4v) is 4.52. The second-order valence-corrected chi connectivity index (χ2v) is 9.59. The third kappa shape index (κ3) is 6.44. The van der Waals surface area contributed by atoms with Crippen LogP contribution in [0.3, 0.4) is 0 Å². The van der Waals surface area contributed by atoms with Gasteiger partial charge >= 0.3 is 6.03 Å². The lowest BCUT2D eigenvalue weighted by atomic mass is 10.1. The molecule has 0 aliphatic carbocycles. The summed E-state index contributed by atoms with van der Waals surface area (Å²) in [5.74, 6) is 1.37. The number of nitrogens with one attached hydrogen (secondary N) is 2. The molecule has 0 bridgehead atoms. The van der Waals surface area contributed by atoms with Crippen LogP contribution in [0.5, 0.6) is 11.5 Å². The van der Waals surface area contributed by atoms with Crippen molar-refractivity contribution in [3.8, 4) is 11.5 Å². The number of hydrogen-bond donors (Lipinski definition) is 2. The van der Waals surface area contributed by atoms with E-state index in [0.29, 0.717) is 41.8 Å². The molecule has 11 nitrogen and oxygen atoms in total. The average molecular weight is 574 g/mol. The Kier molecular flexibility index (Phi) is 8.95. The highest BCUT2D eigenvalue weighted by molar-refractivity contribution is 6.41. The number of ether oxygens (including phenoxy) is 2. The largest absolute Gasteiger partial charge is 0.495 e. The van der Waals surface area contributed by atoms with Crippen LogP contribution in [0.1, 0.15) is 10.4 Å². The van der Waals surface area contributed by atoms with Gasteiger partial charge in [-0.2, -0.15) is 0 Å². The minimum Gasteiger partial charge on any atom is -0.495 e. The maximum absolute atomic E-state index is 13.0. The third-order valence-corrected chi connectivity index (χ3v) is 7.05. The molecule has 0 unspecified atom stereocenters. The van der Waals surface area contributed by atoms with Crippen molar-refractivity contribution in [2.24, 2.45) is 0 Å². The number of piperazine rings is 1. The van der Waals surface area contributed by atoms with Crippen LogP contribution < -0.4 is 25.0 Å². The molecule has 1 fully saturated rings. The van der Waals surface area contributed by atoms with E-state index in [4.69, 9.17) is 32.7 Å². The summed E-state index contributed by atoms with van der Waals surface area (Å²) in [6, 6.07) is 9.76. The third-order valence-electron chi connectivity index (χ3n) is 6.30. The van der Waals surface area contributed by atoms with Gasteiger partial charge in [0, 0.05) is 56.6 Å². The number of nitrogens with zero attached hydrogens (tertiary/aromatic N) is 5. The Morgan fingerprint density at radius 3 is 2.15 bits per heavy atom. The number of benzene rings is 2. The second-order valence-electron chi connectivity index (χ2n) is 8.83. The fourth-order valence-electron chi connectivity index (χ4n) is 3.93. The maximum Gasteiger partial charge on any atom is 0.327 e. The first kappa shape index (κ1) is 28.2. The Bertz CT molecular complexity index is 1320. The highest BCUT2D eigenvalue weighted by atomic mass is 35.5. The summed E-state index contributed by atoms with van der Waals surface area (Å²) in [5.41, 5.74) is 1.49. The van der Waals surface area contributed by atoms with E-state index in [2.05, 4.69) is 25.5 Å². The SMILES string of the molecule is COc1cc(OC)c(Cl)c(NC(=O)N(C)c2cc(Nc3ccc(C(=O)N4CCN(C)CC4)cc3)ncn2)c1Cl. The maximum atomic E-state index is 13.0. The molecular formula is C26H29Cl2N7O4. The molecule has 4 rings (SSSR count). The van der Waals surface area contributed by atoms with E-state index in [1.165, 1.54) is 31.5 Å². The van der Waals surface area contributed by atoms with Crippen LogP contribution in [0.4, 0.5) is 27.8 Å². The smallest absolute Gasteiger partial charge is 0.327 e. The molecule has 3 amide bonds. The molecule has 0 spiro atoms. The number of likely N-dealkylation sites (N-methyl/N-ethyl adjacent to an activating group) is 1. The number of carbonyl (C=O) groups excluding carboxylic acids is 2. The molecule has 1 aromatic heterocycles. The summed E-state index contributed by atoms with van der Waals surface area (Å²) in [6.07, 6.45) is 1.33. The molecule has 2 aromatic carbocycles. The Hall–Kier alpha value is -3.80. The van der Waals surface area contributed by atoms with E-state index in [9.17, 15) is 9.59 Å². The van der Waals surface area contributed by atoms with Crippen LogP contribution in [-0.2, 0) is 0 Å². The van der Waals surface area contributed by atoms with Crippen LogP contribution in [0.2, 0.25) is 10.0 Å². The summed E-state index contributed by atoms with van der Waals surface area (Å²) in [5, 5.41) is 6.12. The van der Waals surface area contributed by atoms with Crippen LogP contribution in [-0.4, -0.2) is 86.2 Å². The lowest BCUT2D eigenvalue weighted by Crippen LogP contribution is -2.47. The van der Waals surface area contributed by atoms with Gasteiger partial charge in [-0.15, -0.1) is 0 Å². The van der Waals surface area contributed by atoms with E-state index in [1.807, 2.05) is 24.1 Å². The van der Waals surface area contributed by atoms with Gasteiger partial charge in [-0.1, -0.05) is 23.2 Å². The second kappa shape index (κ2) is 12.4. The van der Waals surface area contributed by atoms with E-state index >= 15 is 0 Å². The Labute approximate surface area is 236 Å². The van der Waals surface area contributed by atoms with Crippen molar-refractivity contribution in [3.63, 3.8) is 0 Å². The van der Waals surface area contributed by atoms with E-state index in [1.54, 1.807) is 25.2 Å². The average Bonchev–Trinajstić information content (AvgIpc) is 2.95. The number of amides is 3. The summed E-state index contributed by atoms with van der Waals surface area (Å²) in [7, 11) is 6.48. The zero-order chi connectivity index (χ0) is 28.1. The van der Waals surface area contributed by atoms with Crippen molar-refractivity contribution in [2.45, 2.75) is 0 Å². The number of hydrogen-bond acceptors (Lipinski definition) is 8. The number of halogens is 2. The number of carbonyl (C=O) groups is 2. The summed E-state index contributed by atoms with van der Waals surface area (Å²) >= 11 is 12.7. The van der Waals surface area contributed by atoms with Crippen LogP contribution >= 0.6 is 23.2 Å². The van der Waals surface area contributed by atoms with Crippen molar-refractivity contribution in [3.05, 3.63) is 58.3 Å². The summed E-state index contributed by atoms with van der Waals surface area (Å²) < 4.78 is 10.5. The highest BCUT2D eigenvalue weighted by Crippen LogP contribution is 2.44. The first-order valence-electron chi connectivity index (χ1n) is 12.0. The molecule has 39 heavy (non-hydrogen) atoms. The number of methoxy groups -OCH3 is 2. The molecule has 2 heterocycles. The molecule has 0 saturated carbocycles. The predicted molar refractivity (Wildman–Crippen MR) is 152 cm³/mol. The van der Waals surface area contributed by atoms with Crippen molar-refractivity contribution >= 4 is 58.2 Å². The van der Waals surface area contributed by atoms with Gasteiger partial charge in [0.1, 0.15) is 39.5 Å². The van der Waals surface area contributed by atoms with E-state index in [-0.39, 0.29) is 21.6 Å². The summed E-state index contributed by atoms with van der Waals surface area (Å²) in [4.78, 5) is 39.6. The Morgan fingerprint density at radius 1 is 0.949 bits per heavy atom. The minimum absolute atomic E-state index is 0.0143. The monoisotopic (exact) mass is 573 g/mol. The first-order chi connectivity index (χ1) is 18.7. The van der Waals surface area contributed by atoms with Crippen LogP contribution in [0, 0.1) is 0 Å². The van der Waals surface area contributed by atoms with Crippen molar-refractivity contribution < 1.29 is 19.1 Å². The van der Waals surface area contributed by atoms with Gasteiger partial charge in [0.2, 0.25) is 0 Å². The molecular weight excluding hydrogens is 545 g/mol. The van der Waals surface area contributed by atoms with Crippen molar-refractivity contribution in [1.82, 2.24) is 19.8 Å². The lowest BCUT2D eigenvalue weighted by Gasteiger charge is -2.32. The van der Waals surface area contributed by atoms with Gasteiger partial charge in [-0.3, -0.25) is 9.69 Å². The van der Waals surface area contributed by atoms with Crippen molar-refractivity contribution in [2.75, 3.05) is 70.0 Å². The lowest BCUT2D eigenvalue weighted by molar-refractivity contribution is 0.0664. The van der Waals surface area contributed by atoms with Crippen molar-refractivity contribution in [1.29, 1.82) is 0 Å². The van der Waals surface area contributed by atoms with Crippen LogP contribution in [0.15, 0.2) is 42.7 Å². The zero-order valence-corrected chi connectivity index (χ0v) is 23.5. The normalized spacial score (nSPS) is 13.5. The molecule has 206 valence electrons. The molecule has 1 aliphatic rings. The van der Waals surface area contributed by atoms with Gasteiger partial charge in [0.25, 0.3) is 5.91 Å². The molecule has 0 radical (unpaired) electrons. The molecule has 0 atom stereocenters. The number of rotatable bonds is 7. The standard InChI is InChI=1S/C26H29Cl2N7O4/c1-33-9-11-35(12-10-33)25(36)16-5-7-17(8-6-16)31-20-14-21(30-15-29-20)34(2)26(37)32-24-22(27)18(38-3)13-19(39-4)23(24)28/h5-8,13-15H,9-12H2,1-4H3,(H,32,37)(H,29,30,31). The fraction of sp³-hybridized carbons (Fsp3) is 0.308. The Morgan fingerprint density at radius 2 is 1.56 bits per heavy atom. The number of aromatic nitrogens is 2. The predicted octanol–water partition coefficient (Wildman–Crippen LogP) is 4.60. The Balaban J connectivity index is 1.44. The number of anilines is 4. The highest BCUT2D eigenvalue weighted by Gasteiger charge is 2.22. The summed E-state index contributed by atoms with van der Waals surface area (Å²) in [6.45, 7) is 3.15. The van der Waals surface area contributed by atoms with Gasteiger partial charge in [0.05, 0.1) is 19.9 Å². The molecule has 13 heteroatoms. The topological polar surface area (TPSA) is 112 Å². The quantitative estimate of drug-likeness (QED) is 0.421. The first-order valence-corrected chi connectivity index (χ1v) is 12.8. The molecule has 1 aliphatic heterocycles.